The Morgan fingerprint density at radius 3 is 2.39 bits per heavy atom. The molecule has 0 spiro atoms. The van der Waals surface area contributed by atoms with E-state index in [9.17, 15) is 9.59 Å². The minimum absolute atomic E-state index is 0.0495. The van der Waals surface area contributed by atoms with Crippen LogP contribution >= 0.6 is 11.6 Å². The first kappa shape index (κ1) is 22.6. The van der Waals surface area contributed by atoms with Crippen LogP contribution in [0, 0.1) is 0 Å². The number of furan rings is 1. The van der Waals surface area contributed by atoms with Crippen molar-refractivity contribution in [1.82, 2.24) is 10.2 Å². The van der Waals surface area contributed by atoms with Crippen LogP contribution in [0.2, 0.25) is 5.02 Å². The molecule has 3 rings (SSSR count). The molecule has 0 saturated heterocycles. The Bertz CT molecular complexity index is 956. The average molecular weight is 439 g/mol. The van der Waals surface area contributed by atoms with Gasteiger partial charge < -0.3 is 14.6 Å². The van der Waals surface area contributed by atoms with Gasteiger partial charge in [0.25, 0.3) is 0 Å². The molecule has 0 radical (unpaired) electrons. The first-order chi connectivity index (χ1) is 15.1. The van der Waals surface area contributed by atoms with Gasteiger partial charge in [-0.1, -0.05) is 61.0 Å². The summed E-state index contributed by atoms with van der Waals surface area (Å²) >= 11 is 6.02. The maximum absolute atomic E-state index is 13.3. The number of hydrogen-bond acceptors (Lipinski definition) is 3. The van der Waals surface area contributed by atoms with Crippen LogP contribution in [0.5, 0.6) is 0 Å². The molecular formula is C25H27ClN2O3. The van der Waals surface area contributed by atoms with Crippen molar-refractivity contribution >= 4 is 23.4 Å². The van der Waals surface area contributed by atoms with Crippen LogP contribution in [0.15, 0.2) is 77.4 Å². The first-order valence-corrected chi connectivity index (χ1v) is 10.8. The smallest absolute Gasteiger partial charge is 0.243 e. The van der Waals surface area contributed by atoms with Crippen molar-refractivity contribution in [3.8, 4) is 0 Å². The van der Waals surface area contributed by atoms with Crippen molar-refractivity contribution in [2.24, 2.45) is 0 Å². The fraction of sp³-hybridized carbons (Fsp3) is 0.280. The second-order valence-corrected chi connectivity index (χ2v) is 7.84. The molecule has 0 aliphatic rings. The fourth-order valence-electron chi connectivity index (χ4n) is 3.40. The zero-order valence-corrected chi connectivity index (χ0v) is 18.3. The molecule has 0 bridgehead atoms. The summed E-state index contributed by atoms with van der Waals surface area (Å²) in [4.78, 5) is 28.0. The van der Waals surface area contributed by atoms with Crippen molar-refractivity contribution in [2.45, 2.75) is 45.3 Å². The highest BCUT2D eigenvalue weighted by atomic mass is 35.5. The van der Waals surface area contributed by atoms with Gasteiger partial charge in [-0.25, -0.2) is 0 Å². The second-order valence-electron chi connectivity index (χ2n) is 7.40. The summed E-state index contributed by atoms with van der Waals surface area (Å²) in [6.45, 7) is 2.57. The minimum atomic E-state index is -0.646. The minimum Gasteiger partial charge on any atom is -0.467 e. The summed E-state index contributed by atoms with van der Waals surface area (Å²) in [6.07, 6.45) is 3.08. The lowest BCUT2D eigenvalue weighted by atomic mass is 10.0. The van der Waals surface area contributed by atoms with Crippen LogP contribution in [0.3, 0.4) is 0 Å². The van der Waals surface area contributed by atoms with Gasteiger partial charge in [-0.2, -0.15) is 0 Å². The molecule has 0 saturated carbocycles. The third-order valence-corrected chi connectivity index (χ3v) is 5.27. The van der Waals surface area contributed by atoms with Crippen LogP contribution in [0.25, 0.3) is 0 Å². The molecule has 0 aliphatic heterocycles. The predicted octanol–water partition coefficient (Wildman–Crippen LogP) is 4.99. The molecule has 1 heterocycles. The zero-order chi connectivity index (χ0) is 22.1. The predicted molar refractivity (Wildman–Crippen MR) is 121 cm³/mol. The molecule has 1 atom stereocenters. The highest BCUT2D eigenvalue weighted by Crippen LogP contribution is 2.18. The molecule has 0 aliphatic carbocycles. The standard InChI is InChI=1S/C25H27ClN2O3/c1-2-7-24(29)28(18-20-11-13-21(26)14-12-20)23(16-19-8-4-3-5-9-19)25(30)27-17-22-10-6-15-31-22/h3-6,8-15,23H,2,7,16-18H2,1H3,(H,27,30). The summed E-state index contributed by atoms with van der Waals surface area (Å²) in [5.41, 5.74) is 1.91. The molecule has 31 heavy (non-hydrogen) atoms. The van der Waals surface area contributed by atoms with E-state index in [0.29, 0.717) is 36.6 Å². The Balaban J connectivity index is 1.86. The number of halogens is 1. The van der Waals surface area contributed by atoms with Crippen LogP contribution < -0.4 is 5.32 Å². The van der Waals surface area contributed by atoms with Crippen molar-refractivity contribution < 1.29 is 14.0 Å². The number of nitrogens with one attached hydrogen (secondary N) is 1. The molecule has 1 aromatic heterocycles. The Morgan fingerprint density at radius 1 is 1.00 bits per heavy atom. The van der Waals surface area contributed by atoms with Crippen LogP contribution in [0.4, 0.5) is 0 Å². The zero-order valence-electron chi connectivity index (χ0n) is 17.6. The van der Waals surface area contributed by atoms with Gasteiger partial charge in [0.15, 0.2) is 0 Å². The van der Waals surface area contributed by atoms with Gasteiger partial charge in [0.1, 0.15) is 11.8 Å². The number of nitrogens with zero attached hydrogens (tertiary/aromatic N) is 1. The Kier molecular flexibility index (Phi) is 8.30. The molecular weight excluding hydrogens is 412 g/mol. The monoisotopic (exact) mass is 438 g/mol. The Labute approximate surface area is 188 Å². The summed E-state index contributed by atoms with van der Waals surface area (Å²) in [6, 6.07) is 20.0. The topological polar surface area (TPSA) is 62.6 Å². The van der Waals surface area contributed by atoms with Gasteiger partial charge >= 0.3 is 0 Å². The number of hydrogen-bond donors (Lipinski definition) is 1. The molecule has 1 unspecified atom stereocenters. The summed E-state index contributed by atoms with van der Waals surface area (Å²) in [5, 5.41) is 3.56. The average Bonchev–Trinajstić information content (AvgIpc) is 3.30. The third-order valence-electron chi connectivity index (χ3n) is 5.02. The quantitative estimate of drug-likeness (QED) is 0.485. The van der Waals surface area contributed by atoms with Crippen LogP contribution in [-0.2, 0) is 29.1 Å². The van der Waals surface area contributed by atoms with Crippen molar-refractivity contribution in [1.29, 1.82) is 0 Å². The van der Waals surface area contributed by atoms with Gasteiger partial charge in [-0.05, 0) is 41.8 Å². The largest absolute Gasteiger partial charge is 0.467 e. The molecule has 5 nitrogen and oxygen atoms in total. The SMILES string of the molecule is CCCC(=O)N(Cc1ccc(Cl)cc1)C(Cc1ccccc1)C(=O)NCc1ccco1. The molecule has 3 aromatic rings. The van der Waals surface area contributed by atoms with E-state index in [2.05, 4.69) is 5.32 Å². The number of rotatable bonds is 10. The second kappa shape index (κ2) is 11.4. The molecule has 2 amide bonds. The number of carbonyl (C=O) groups excluding carboxylic acids is 2. The fourth-order valence-corrected chi connectivity index (χ4v) is 3.53. The molecule has 0 fully saturated rings. The van der Waals surface area contributed by atoms with Gasteiger partial charge in [0.2, 0.25) is 11.8 Å². The van der Waals surface area contributed by atoms with Crippen LogP contribution in [0.1, 0.15) is 36.7 Å². The van der Waals surface area contributed by atoms with Crippen molar-refractivity contribution in [3.63, 3.8) is 0 Å². The number of carbonyl (C=O) groups is 2. The van der Waals surface area contributed by atoms with Gasteiger partial charge in [-0.3, -0.25) is 9.59 Å². The van der Waals surface area contributed by atoms with Crippen LogP contribution in [-0.4, -0.2) is 22.8 Å². The first-order valence-electron chi connectivity index (χ1n) is 10.4. The van der Waals surface area contributed by atoms with E-state index in [4.69, 9.17) is 16.0 Å². The number of benzene rings is 2. The summed E-state index contributed by atoms with van der Waals surface area (Å²) < 4.78 is 5.33. The molecule has 162 valence electrons. The molecule has 1 N–H and O–H groups in total. The Hall–Kier alpha value is -3.05. The van der Waals surface area contributed by atoms with E-state index in [1.165, 1.54) is 0 Å². The molecule has 6 heteroatoms. The lowest BCUT2D eigenvalue weighted by Crippen LogP contribution is -2.50. The van der Waals surface area contributed by atoms with E-state index < -0.39 is 6.04 Å². The summed E-state index contributed by atoms with van der Waals surface area (Å²) in [7, 11) is 0. The van der Waals surface area contributed by atoms with Crippen molar-refractivity contribution in [2.75, 3.05) is 0 Å². The highest BCUT2D eigenvalue weighted by Gasteiger charge is 2.30. The lowest BCUT2D eigenvalue weighted by molar-refractivity contribution is -0.141. The third kappa shape index (κ3) is 6.72. The Morgan fingerprint density at radius 2 is 1.74 bits per heavy atom. The van der Waals surface area contributed by atoms with E-state index in [0.717, 1.165) is 11.1 Å². The van der Waals surface area contributed by atoms with Crippen molar-refractivity contribution in [3.05, 3.63) is 94.9 Å². The maximum Gasteiger partial charge on any atom is 0.243 e. The van der Waals surface area contributed by atoms with E-state index in [-0.39, 0.29) is 18.4 Å². The van der Waals surface area contributed by atoms with Gasteiger partial charge in [0.05, 0.1) is 12.8 Å². The van der Waals surface area contributed by atoms with E-state index >= 15 is 0 Å². The lowest BCUT2D eigenvalue weighted by Gasteiger charge is -2.31. The molecule has 2 aromatic carbocycles. The van der Waals surface area contributed by atoms with E-state index in [1.54, 1.807) is 35.4 Å². The maximum atomic E-state index is 13.3. The normalized spacial score (nSPS) is 11.7. The van der Waals surface area contributed by atoms with Gasteiger partial charge in [-0.15, -0.1) is 0 Å². The summed E-state index contributed by atoms with van der Waals surface area (Å²) in [5.74, 6) is 0.404. The van der Waals surface area contributed by atoms with E-state index in [1.807, 2.05) is 49.4 Å². The number of amides is 2. The van der Waals surface area contributed by atoms with Gasteiger partial charge in [0, 0.05) is 24.4 Å². The highest BCUT2D eigenvalue weighted by molar-refractivity contribution is 6.30.